The van der Waals surface area contributed by atoms with Crippen LogP contribution in [0.3, 0.4) is 0 Å². The van der Waals surface area contributed by atoms with E-state index >= 15 is 0 Å². The van der Waals surface area contributed by atoms with Gasteiger partial charge in [-0.15, -0.1) is 0 Å². The molecule has 0 rings (SSSR count). The molecule has 0 fully saturated rings. The molecule has 0 heterocycles. The fraction of sp³-hybridized carbons (Fsp3) is 1.00. The minimum Gasteiger partial charge on any atom is -1.00 e. The molecule has 0 saturated carbocycles. The summed E-state index contributed by atoms with van der Waals surface area (Å²) in [6, 6.07) is 0. The molecule has 0 bridgehead atoms. The Morgan fingerprint density at radius 1 is 1.43 bits per heavy atom. The minimum absolute atomic E-state index is 0. The van der Waals surface area contributed by atoms with Crippen molar-refractivity contribution in [2.75, 3.05) is 6.61 Å². The van der Waals surface area contributed by atoms with Gasteiger partial charge in [0.15, 0.2) is 0 Å². The van der Waals surface area contributed by atoms with E-state index in [0.717, 1.165) is 0 Å². The van der Waals surface area contributed by atoms with Gasteiger partial charge in [0.1, 0.15) is 0 Å². The van der Waals surface area contributed by atoms with Crippen LogP contribution in [0.4, 0.5) is 0 Å². The van der Waals surface area contributed by atoms with Crippen molar-refractivity contribution < 1.29 is 42.5 Å². The average Bonchev–Trinajstić information content (AvgIpc) is 0.918. The molecular weight excluding hydrogens is 171 g/mol. The van der Waals surface area contributed by atoms with Crippen molar-refractivity contribution in [3.05, 3.63) is 0 Å². The molecule has 7 N–H and O–H groups in total. The largest absolute Gasteiger partial charge is 1.00 e. The van der Waals surface area contributed by atoms with Gasteiger partial charge in [0, 0.05) is 26.1 Å². The van der Waals surface area contributed by atoms with Gasteiger partial charge in [-0.1, -0.05) is 0 Å². The molecule has 0 aliphatic heterocycles. The van der Waals surface area contributed by atoms with E-state index in [1.807, 2.05) is 0 Å². The molecule has 0 spiro atoms. The first-order chi connectivity index (χ1) is 1.41. The molecule has 0 aromatic carbocycles. The molecule has 7 heavy (non-hydrogen) atoms. The summed E-state index contributed by atoms with van der Waals surface area (Å²) in [5.41, 5.74) is 0. The van der Waals surface area contributed by atoms with Gasteiger partial charge in [-0.3, -0.25) is 0 Å². The van der Waals surface area contributed by atoms with E-state index in [0.29, 0.717) is 0 Å². The van der Waals surface area contributed by atoms with Gasteiger partial charge < -0.3 is 29.1 Å². The molecule has 0 unspecified atom stereocenters. The summed E-state index contributed by atoms with van der Waals surface area (Å²) >= 11 is 0. The van der Waals surface area contributed by atoms with Crippen LogP contribution in [-0.2, 0) is 19.5 Å². The SMILES string of the molecule is CCO.O.[Cl-].[NH4+].[Zn]. The van der Waals surface area contributed by atoms with Gasteiger partial charge in [0.05, 0.1) is 0 Å². The summed E-state index contributed by atoms with van der Waals surface area (Å²) in [6.45, 7) is 1.93. The van der Waals surface area contributed by atoms with Crippen molar-refractivity contribution in [1.82, 2.24) is 6.15 Å². The number of hydrogen-bond acceptors (Lipinski definition) is 1. The number of aliphatic hydroxyl groups excluding tert-OH is 1. The monoisotopic (exact) mass is 181 g/mol. The Hall–Kier alpha value is 0.793. The third-order valence-corrected chi connectivity index (χ3v) is 0. The molecule has 0 aromatic rings. The molecule has 0 aromatic heterocycles. The molecule has 0 amide bonds. The second-order valence-corrected chi connectivity index (χ2v) is 0.316. The van der Waals surface area contributed by atoms with Gasteiger partial charge in [-0.2, -0.15) is 0 Å². The quantitative estimate of drug-likeness (QED) is 0.376. The Balaban J connectivity index is -0.00000000333. The Morgan fingerprint density at radius 3 is 1.43 bits per heavy atom. The number of rotatable bonds is 0. The van der Waals surface area contributed by atoms with Crippen LogP contribution in [0.25, 0.3) is 0 Å². The van der Waals surface area contributed by atoms with Crippen LogP contribution in [-0.4, -0.2) is 17.2 Å². The number of halogens is 1. The zero-order chi connectivity index (χ0) is 2.71. The molecule has 5 heteroatoms. The van der Waals surface area contributed by atoms with Gasteiger partial charge in [-0.25, -0.2) is 0 Å². The van der Waals surface area contributed by atoms with Gasteiger partial charge in [0.2, 0.25) is 0 Å². The third-order valence-electron chi connectivity index (χ3n) is 0. The number of hydrogen-bond donors (Lipinski definition) is 2. The molecule has 0 saturated heterocycles. The maximum absolute atomic E-state index is 7.57. The minimum atomic E-state index is 0. The summed E-state index contributed by atoms with van der Waals surface area (Å²) in [4.78, 5) is 0. The second-order valence-electron chi connectivity index (χ2n) is 0.316. The molecule has 0 aliphatic rings. The molecular formula is C2H12ClNO2Zn. The van der Waals surface area contributed by atoms with Crippen LogP contribution in [0.1, 0.15) is 6.92 Å². The Bertz CT molecular complexity index is 15.7. The fourth-order valence-corrected chi connectivity index (χ4v) is 0. The summed E-state index contributed by atoms with van der Waals surface area (Å²) in [7, 11) is 0. The van der Waals surface area contributed by atoms with E-state index < -0.39 is 0 Å². The van der Waals surface area contributed by atoms with Crippen molar-refractivity contribution in [3.8, 4) is 0 Å². The van der Waals surface area contributed by atoms with Crippen molar-refractivity contribution >= 4 is 0 Å². The second kappa shape index (κ2) is 70.9. The number of quaternary nitrogens is 1. The van der Waals surface area contributed by atoms with E-state index in [-0.39, 0.29) is 50.1 Å². The summed E-state index contributed by atoms with van der Waals surface area (Å²) in [5.74, 6) is 0. The van der Waals surface area contributed by atoms with Gasteiger partial charge >= 0.3 is 0 Å². The topological polar surface area (TPSA) is 88.2 Å². The fourth-order valence-electron chi connectivity index (χ4n) is 0. The van der Waals surface area contributed by atoms with Gasteiger partial charge in [-0.05, 0) is 6.92 Å². The van der Waals surface area contributed by atoms with Crippen LogP contribution in [0.5, 0.6) is 0 Å². The van der Waals surface area contributed by atoms with E-state index in [1.165, 1.54) is 0 Å². The molecule has 3 nitrogen and oxygen atoms in total. The van der Waals surface area contributed by atoms with E-state index in [9.17, 15) is 0 Å². The van der Waals surface area contributed by atoms with Crippen LogP contribution in [0.2, 0.25) is 0 Å². The normalized spacial score (nSPS) is 2.57. The van der Waals surface area contributed by atoms with Crippen LogP contribution >= 0.6 is 0 Å². The molecule has 46 valence electrons. The van der Waals surface area contributed by atoms with Crippen LogP contribution < -0.4 is 18.6 Å². The van der Waals surface area contributed by atoms with Crippen molar-refractivity contribution in [2.24, 2.45) is 0 Å². The van der Waals surface area contributed by atoms with Crippen LogP contribution in [0.15, 0.2) is 0 Å². The standard InChI is InChI=1S/C2H6O.ClH.H3N.H2O.Zn/c1-2-3;;;;/h3H,2H2,1H3;1H;1H3;1H2;. The first-order valence-electron chi connectivity index (χ1n) is 1.02. The Labute approximate surface area is 62.6 Å². The molecule has 0 aliphatic carbocycles. The third kappa shape index (κ3) is 248. The van der Waals surface area contributed by atoms with Gasteiger partial charge in [0.25, 0.3) is 0 Å². The molecule has 0 atom stereocenters. The first-order valence-corrected chi connectivity index (χ1v) is 1.02. The first kappa shape index (κ1) is 46.1. The molecule has 0 radical (unpaired) electrons. The summed E-state index contributed by atoms with van der Waals surface area (Å²) in [5, 5.41) is 7.57. The summed E-state index contributed by atoms with van der Waals surface area (Å²) in [6.07, 6.45) is 0. The van der Waals surface area contributed by atoms with Crippen LogP contribution in [0, 0.1) is 0 Å². The smallest absolute Gasteiger partial charge is 0.0402 e. The van der Waals surface area contributed by atoms with E-state index in [1.54, 1.807) is 6.92 Å². The Kier molecular flexibility index (Phi) is 467. The zero-order valence-corrected chi connectivity index (χ0v) is 8.46. The van der Waals surface area contributed by atoms with E-state index in [4.69, 9.17) is 5.11 Å². The predicted molar refractivity (Wildman–Crippen MR) is 22.4 cm³/mol. The number of aliphatic hydroxyl groups is 1. The average molecular weight is 183 g/mol. The Morgan fingerprint density at radius 2 is 1.43 bits per heavy atom. The summed E-state index contributed by atoms with van der Waals surface area (Å²) < 4.78 is 0. The predicted octanol–water partition coefficient (Wildman–Crippen LogP) is -3.45. The van der Waals surface area contributed by atoms with E-state index in [2.05, 4.69) is 0 Å². The van der Waals surface area contributed by atoms with Crippen molar-refractivity contribution in [2.45, 2.75) is 6.92 Å². The maximum atomic E-state index is 7.57. The van der Waals surface area contributed by atoms with Crippen molar-refractivity contribution in [3.63, 3.8) is 0 Å². The maximum Gasteiger partial charge on any atom is 0.0402 e. The van der Waals surface area contributed by atoms with Crippen molar-refractivity contribution in [1.29, 1.82) is 0 Å². The zero-order valence-electron chi connectivity index (χ0n) is 4.74.